The van der Waals surface area contributed by atoms with Crippen molar-refractivity contribution in [3.05, 3.63) is 58.4 Å². The maximum absolute atomic E-state index is 12.4. The molecule has 0 unspecified atom stereocenters. The zero-order valence-corrected chi connectivity index (χ0v) is 12.3. The largest absolute Gasteiger partial charge is 0.478 e. The first-order valence-electron chi connectivity index (χ1n) is 6.63. The maximum atomic E-state index is 12.4. The summed E-state index contributed by atoms with van der Waals surface area (Å²) < 4.78 is 1.90. The number of hydrogen-bond acceptors (Lipinski definition) is 2. The zero-order chi connectivity index (χ0) is 15.6. The topological polar surface area (TPSA) is 71.3 Å². The van der Waals surface area contributed by atoms with E-state index < -0.39 is 5.97 Å². The van der Waals surface area contributed by atoms with E-state index in [9.17, 15) is 14.7 Å². The van der Waals surface area contributed by atoms with Gasteiger partial charge in [0, 0.05) is 18.9 Å². The van der Waals surface area contributed by atoms with E-state index in [1.54, 1.807) is 26.0 Å². The number of aromatic carboxylic acids is 1. The number of carboxylic acids is 1. The summed E-state index contributed by atoms with van der Waals surface area (Å²) in [5.74, 6) is -1.45. The fourth-order valence-electron chi connectivity index (χ4n) is 2.32. The number of carbonyl (C=O) groups excluding carboxylic acids is 1. The highest BCUT2D eigenvalue weighted by molar-refractivity contribution is 6.06. The van der Waals surface area contributed by atoms with Gasteiger partial charge in [0.05, 0.1) is 17.7 Å². The number of rotatable bonds is 4. The Balaban J connectivity index is 2.29. The molecule has 0 atom stereocenters. The SMILES string of the molecule is Cc1ccc(C)c(C(=O)NCc2cccn2C)c1C(=O)O. The fourth-order valence-corrected chi connectivity index (χ4v) is 2.32. The molecular weight excluding hydrogens is 268 g/mol. The summed E-state index contributed by atoms with van der Waals surface area (Å²) in [5.41, 5.74) is 2.49. The molecule has 1 amide bonds. The number of nitrogens with zero attached hydrogens (tertiary/aromatic N) is 1. The second-order valence-electron chi connectivity index (χ2n) is 5.05. The minimum atomic E-state index is -1.08. The van der Waals surface area contributed by atoms with Crippen LogP contribution < -0.4 is 5.32 Å². The zero-order valence-electron chi connectivity index (χ0n) is 12.3. The van der Waals surface area contributed by atoms with E-state index in [-0.39, 0.29) is 17.0 Å². The third kappa shape index (κ3) is 2.97. The van der Waals surface area contributed by atoms with E-state index >= 15 is 0 Å². The predicted molar refractivity (Wildman–Crippen MR) is 79.5 cm³/mol. The van der Waals surface area contributed by atoms with Gasteiger partial charge in [-0.15, -0.1) is 0 Å². The molecule has 0 bridgehead atoms. The summed E-state index contributed by atoms with van der Waals surface area (Å²) in [6.07, 6.45) is 1.89. The van der Waals surface area contributed by atoms with Crippen LogP contribution in [0.3, 0.4) is 0 Å². The van der Waals surface area contributed by atoms with Crippen LogP contribution >= 0.6 is 0 Å². The van der Waals surface area contributed by atoms with Gasteiger partial charge in [-0.2, -0.15) is 0 Å². The summed E-state index contributed by atoms with van der Waals surface area (Å²) in [7, 11) is 1.89. The van der Waals surface area contributed by atoms with Crippen LogP contribution in [0, 0.1) is 13.8 Å². The lowest BCUT2D eigenvalue weighted by Crippen LogP contribution is -2.27. The summed E-state index contributed by atoms with van der Waals surface area (Å²) >= 11 is 0. The average molecular weight is 286 g/mol. The van der Waals surface area contributed by atoms with Gasteiger partial charge in [-0.1, -0.05) is 12.1 Å². The molecule has 1 aromatic carbocycles. The number of hydrogen-bond donors (Lipinski definition) is 2. The molecule has 1 heterocycles. The van der Waals surface area contributed by atoms with E-state index in [0.29, 0.717) is 17.7 Å². The van der Waals surface area contributed by atoms with Gasteiger partial charge in [0.1, 0.15) is 0 Å². The van der Waals surface area contributed by atoms with Crippen LogP contribution in [0.15, 0.2) is 30.5 Å². The van der Waals surface area contributed by atoms with Crippen LogP contribution in [-0.2, 0) is 13.6 Å². The van der Waals surface area contributed by atoms with Crippen molar-refractivity contribution in [1.82, 2.24) is 9.88 Å². The summed E-state index contributed by atoms with van der Waals surface area (Å²) in [6, 6.07) is 7.27. The number of benzene rings is 1. The van der Waals surface area contributed by atoms with E-state index in [1.165, 1.54) is 0 Å². The molecule has 0 aliphatic rings. The molecule has 21 heavy (non-hydrogen) atoms. The lowest BCUT2D eigenvalue weighted by atomic mass is 9.96. The molecule has 0 spiro atoms. The highest BCUT2D eigenvalue weighted by Crippen LogP contribution is 2.19. The third-order valence-corrected chi connectivity index (χ3v) is 3.54. The molecule has 0 saturated heterocycles. The van der Waals surface area contributed by atoms with Gasteiger partial charge in [0.25, 0.3) is 5.91 Å². The fraction of sp³-hybridized carbons (Fsp3) is 0.250. The first kappa shape index (κ1) is 14.8. The van der Waals surface area contributed by atoms with E-state index in [2.05, 4.69) is 5.32 Å². The molecule has 1 aromatic heterocycles. The molecule has 2 rings (SSSR count). The minimum Gasteiger partial charge on any atom is -0.478 e. The quantitative estimate of drug-likeness (QED) is 0.905. The molecular formula is C16H18N2O3. The molecule has 0 saturated carbocycles. The van der Waals surface area contributed by atoms with Crippen molar-refractivity contribution >= 4 is 11.9 Å². The Morgan fingerprint density at radius 3 is 2.29 bits per heavy atom. The molecule has 0 fully saturated rings. The number of carbonyl (C=O) groups is 2. The summed E-state index contributed by atoms with van der Waals surface area (Å²) in [5, 5.41) is 12.1. The van der Waals surface area contributed by atoms with Crippen LogP contribution in [-0.4, -0.2) is 21.6 Å². The lowest BCUT2D eigenvalue weighted by Gasteiger charge is -2.13. The molecule has 0 radical (unpaired) electrons. The molecule has 5 nitrogen and oxygen atoms in total. The Morgan fingerprint density at radius 2 is 1.76 bits per heavy atom. The number of amides is 1. The lowest BCUT2D eigenvalue weighted by molar-refractivity contribution is 0.0690. The van der Waals surface area contributed by atoms with Gasteiger partial charge in [-0.25, -0.2) is 4.79 Å². The van der Waals surface area contributed by atoms with Crippen LogP contribution in [0.4, 0.5) is 0 Å². The van der Waals surface area contributed by atoms with Crippen molar-refractivity contribution in [2.45, 2.75) is 20.4 Å². The van der Waals surface area contributed by atoms with Crippen molar-refractivity contribution in [2.24, 2.45) is 7.05 Å². The molecule has 2 N–H and O–H groups in total. The van der Waals surface area contributed by atoms with Crippen LogP contribution in [0.5, 0.6) is 0 Å². The summed E-state index contributed by atoms with van der Waals surface area (Å²) in [6.45, 7) is 3.79. The van der Waals surface area contributed by atoms with Crippen molar-refractivity contribution in [1.29, 1.82) is 0 Å². The van der Waals surface area contributed by atoms with Crippen LogP contribution in [0.1, 0.15) is 37.5 Å². The average Bonchev–Trinajstić information content (AvgIpc) is 2.83. The molecule has 0 aliphatic heterocycles. The van der Waals surface area contributed by atoms with Gasteiger partial charge in [-0.3, -0.25) is 4.79 Å². The van der Waals surface area contributed by atoms with Gasteiger partial charge in [-0.05, 0) is 37.1 Å². The van der Waals surface area contributed by atoms with Crippen molar-refractivity contribution in [2.75, 3.05) is 0 Å². The van der Waals surface area contributed by atoms with Gasteiger partial charge >= 0.3 is 5.97 Å². The Bertz CT molecular complexity index is 702. The van der Waals surface area contributed by atoms with E-state index in [4.69, 9.17) is 0 Å². The standard InChI is InChI=1S/C16H18N2O3/c1-10-6-7-11(2)14(16(20)21)13(10)15(19)17-9-12-5-4-8-18(12)3/h4-8H,9H2,1-3H3,(H,17,19)(H,20,21). The van der Waals surface area contributed by atoms with Crippen LogP contribution in [0.2, 0.25) is 0 Å². The normalized spacial score (nSPS) is 10.4. The molecule has 5 heteroatoms. The third-order valence-electron chi connectivity index (χ3n) is 3.54. The number of carboxylic acid groups (broad SMARTS) is 1. The second kappa shape index (κ2) is 5.83. The van der Waals surface area contributed by atoms with E-state index in [1.807, 2.05) is 29.9 Å². The predicted octanol–water partition coefficient (Wildman–Crippen LogP) is 2.27. The van der Waals surface area contributed by atoms with E-state index in [0.717, 1.165) is 5.69 Å². The van der Waals surface area contributed by atoms with Crippen LogP contribution in [0.25, 0.3) is 0 Å². The van der Waals surface area contributed by atoms with Crippen molar-refractivity contribution in [3.8, 4) is 0 Å². The number of nitrogens with one attached hydrogen (secondary N) is 1. The summed E-state index contributed by atoms with van der Waals surface area (Å²) in [4.78, 5) is 23.8. The Morgan fingerprint density at radius 1 is 1.14 bits per heavy atom. The highest BCUT2D eigenvalue weighted by Gasteiger charge is 2.21. The first-order chi connectivity index (χ1) is 9.91. The monoisotopic (exact) mass is 286 g/mol. The molecule has 0 aliphatic carbocycles. The Labute approximate surface area is 123 Å². The van der Waals surface area contributed by atoms with Crippen molar-refractivity contribution < 1.29 is 14.7 Å². The highest BCUT2D eigenvalue weighted by atomic mass is 16.4. The molecule has 110 valence electrons. The Kier molecular flexibility index (Phi) is 4.12. The van der Waals surface area contributed by atoms with Gasteiger partial charge < -0.3 is 15.0 Å². The maximum Gasteiger partial charge on any atom is 0.336 e. The second-order valence-corrected chi connectivity index (χ2v) is 5.05. The number of aromatic nitrogens is 1. The molecule has 2 aromatic rings. The minimum absolute atomic E-state index is 0.0689. The Hall–Kier alpha value is -2.56. The van der Waals surface area contributed by atoms with Gasteiger partial charge in [0.2, 0.25) is 0 Å². The smallest absolute Gasteiger partial charge is 0.336 e. The first-order valence-corrected chi connectivity index (χ1v) is 6.63. The van der Waals surface area contributed by atoms with Crippen molar-refractivity contribution in [3.63, 3.8) is 0 Å². The number of aryl methyl sites for hydroxylation is 3. The van der Waals surface area contributed by atoms with Gasteiger partial charge in [0.15, 0.2) is 0 Å².